The van der Waals surface area contributed by atoms with Crippen LogP contribution in [-0.2, 0) is 0 Å². The van der Waals surface area contributed by atoms with Crippen LogP contribution in [0.25, 0.3) is 0 Å². The molecule has 0 aliphatic carbocycles. The van der Waals surface area contributed by atoms with Gasteiger partial charge in [0.2, 0.25) is 0 Å². The summed E-state index contributed by atoms with van der Waals surface area (Å²) in [4.78, 5) is 25.7. The number of aromatic nitrogens is 2. The van der Waals surface area contributed by atoms with E-state index >= 15 is 0 Å². The number of benzene rings is 1. The molecule has 0 saturated carbocycles. The number of para-hydroxylation sites is 1. The first-order valence-electron chi connectivity index (χ1n) is 10.5. The smallest absolute Gasteiger partial charge is 0.273 e. The van der Waals surface area contributed by atoms with Gasteiger partial charge < -0.3 is 24.4 Å². The van der Waals surface area contributed by atoms with Gasteiger partial charge >= 0.3 is 0 Å². The Bertz CT molecular complexity index is 1060. The van der Waals surface area contributed by atoms with Crippen LogP contribution in [0.4, 0.5) is 5.69 Å². The lowest BCUT2D eigenvalue weighted by Crippen LogP contribution is -2.57. The Morgan fingerprint density at radius 1 is 1.09 bits per heavy atom. The van der Waals surface area contributed by atoms with Crippen molar-refractivity contribution < 1.29 is 19.4 Å². The van der Waals surface area contributed by atoms with Crippen molar-refractivity contribution in [2.75, 3.05) is 38.3 Å². The van der Waals surface area contributed by atoms with Crippen LogP contribution in [-0.4, -0.2) is 65.3 Å². The molecule has 1 fully saturated rings. The molecule has 166 valence electrons. The van der Waals surface area contributed by atoms with E-state index in [1.165, 1.54) is 13.3 Å². The maximum Gasteiger partial charge on any atom is 0.273 e. The number of ether oxygens (including phenoxy) is 2. The Labute approximate surface area is 187 Å². The molecule has 4 rings (SSSR count). The van der Waals surface area contributed by atoms with Crippen LogP contribution in [0.3, 0.4) is 0 Å². The average Bonchev–Trinajstić information content (AvgIpc) is 2.84. The van der Waals surface area contributed by atoms with Gasteiger partial charge in [0, 0.05) is 31.4 Å². The summed E-state index contributed by atoms with van der Waals surface area (Å²) in [6.07, 6.45) is 3.31. The predicted molar refractivity (Wildman–Crippen MR) is 120 cm³/mol. The van der Waals surface area contributed by atoms with Crippen molar-refractivity contribution >= 4 is 11.6 Å². The molecule has 1 atom stereocenters. The van der Waals surface area contributed by atoms with Crippen molar-refractivity contribution in [1.29, 1.82) is 0 Å². The number of methoxy groups -OCH3 is 1. The number of aliphatic hydroxyl groups excluding tert-OH is 1. The molecule has 1 aliphatic rings. The van der Waals surface area contributed by atoms with Gasteiger partial charge in [-0.2, -0.15) is 0 Å². The van der Waals surface area contributed by atoms with E-state index in [2.05, 4.69) is 14.9 Å². The number of carbonyl (C=O) groups excluding carboxylic acids is 1. The van der Waals surface area contributed by atoms with Crippen molar-refractivity contribution in [3.63, 3.8) is 0 Å². The highest BCUT2D eigenvalue weighted by Gasteiger charge is 2.32. The summed E-state index contributed by atoms with van der Waals surface area (Å²) in [5, 5.41) is 9.97. The number of pyridine rings is 2. The van der Waals surface area contributed by atoms with E-state index < -0.39 is 0 Å². The molecular formula is C24H26N4O4. The molecule has 1 amide bonds. The summed E-state index contributed by atoms with van der Waals surface area (Å²) in [7, 11) is 1.52. The van der Waals surface area contributed by atoms with Gasteiger partial charge in [-0.05, 0) is 31.2 Å². The number of nitrogens with zero attached hydrogens (tertiary/aromatic N) is 4. The van der Waals surface area contributed by atoms with E-state index in [4.69, 9.17) is 9.47 Å². The maximum atomic E-state index is 13.2. The van der Waals surface area contributed by atoms with Gasteiger partial charge in [0.25, 0.3) is 5.91 Å². The van der Waals surface area contributed by atoms with Crippen LogP contribution in [0, 0.1) is 6.92 Å². The number of amides is 1. The molecule has 0 radical (unpaired) electrons. The molecule has 2 aromatic heterocycles. The Morgan fingerprint density at radius 2 is 1.91 bits per heavy atom. The van der Waals surface area contributed by atoms with Crippen molar-refractivity contribution in [2.24, 2.45) is 0 Å². The third-order valence-corrected chi connectivity index (χ3v) is 5.46. The Morgan fingerprint density at radius 3 is 2.59 bits per heavy atom. The van der Waals surface area contributed by atoms with Crippen molar-refractivity contribution in [3.8, 4) is 17.2 Å². The van der Waals surface area contributed by atoms with Crippen LogP contribution in [0.5, 0.6) is 17.2 Å². The van der Waals surface area contributed by atoms with Crippen LogP contribution < -0.4 is 14.4 Å². The number of anilines is 1. The fourth-order valence-electron chi connectivity index (χ4n) is 3.70. The molecule has 1 N–H and O–H groups in total. The summed E-state index contributed by atoms with van der Waals surface area (Å²) in [5.74, 6) is 1.23. The van der Waals surface area contributed by atoms with E-state index in [1.807, 2.05) is 55.6 Å². The number of hydrogen-bond donors (Lipinski definition) is 1. The highest BCUT2D eigenvalue weighted by molar-refractivity contribution is 5.93. The van der Waals surface area contributed by atoms with Gasteiger partial charge in [0.05, 0.1) is 37.8 Å². The molecule has 3 heterocycles. The number of piperazine rings is 1. The third-order valence-electron chi connectivity index (χ3n) is 5.46. The number of aliphatic hydroxyl groups is 1. The van der Waals surface area contributed by atoms with Gasteiger partial charge in [0.1, 0.15) is 11.4 Å². The first-order chi connectivity index (χ1) is 15.6. The first-order valence-corrected chi connectivity index (χ1v) is 10.5. The van der Waals surface area contributed by atoms with Crippen LogP contribution in [0.15, 0.2) is 60.9 Å². The lowest BCUT2D eigenvalue weighted by atomic mass is 10.1. The lowest BCUT2D eigenvalue weighted by molar-refractivity contribution is 0.0559. The molecule has 0 bridgehead atoms. The highest BCUT2D eigenvalue weighted by atomic mass is 16.5. The van der Waals surface area contributed by atoms with Crippen molar-refractivity contribution in [3.05, 3.63) is 72.3 Å². The average molecular weight is 434 g/mol. The summed E-state index contributed by atoms with van der Waals surface area (Å²) in [6.45, 7) is 3.41. The first kappa shape index (κ1) is 21.6. The molecule has 0 spiro atoms. The topological polar surface area (TPSA) is 88.0 Å². The van der Waals surface area contributed by atoms with Gasteiger partial charge in [-0.3, -0.25) is 9.78 Å². The van der Waals surface area contributed by atoms with E-state index in [1.54, 1.807) is 11.0 Å². The Kier molecular flexibility index (Phi) is 6.51. The third kappa shape index (κ3) is 4.65. The zero-order valence-corrected chi connectivity index (χ0v) is 18.1. The fraction of sp³-hybridized carbons (Fsp3) is 0.292. The second-order valence-corrected chi connectivity index (χ2v) is 7.57. The zero-order chi connectivity index (χ0) is 22.5. The van der Waals surface area contributed by atoms with E-state index in [0.717, 1.165) is 11.4 Å². The summed E-state index contributed by atoms with van der Waals surface area (Å²) in [6, 6.07) is 14.5. The second kappa shape index (κ2) is 9.65. The summed E-state index contributed by atoms with van der Waals surface area (Å²) in [5.41, 5.74) is 2.16. The highest BCUT2D eigenvalue weighted by Crippen LogP contribution is 2.31. The predicted octanol–water partition coefficient (Wildman–Crippen LogP) is 2.91. The van der Waals surface area contributed by atoms with Crippen LogP contribution in [0.1, 0.15) is 16.2 Å². The zero-order valence-electron chi connectivity index (χ0n) is 18.1. The van der Waals surface area contributed by atoms with Crippen molar-refractivity contribution in [1.82, 2.24) is 14.9 Å². The number of rotatable bonds is 6. The number of hydrogen-bond acceptors (Lipinski definition) is 7. The Balaban J connectivity index is 1.50. The van der Waals surface area contributed by atoms with E-state index in [-0.39, 0.29) is 24.2 Å². The summed E-state index contributed by atoms with van der Waals surface area (Å²) >= 11 is 0. The molecule has 0 unspecified atom stereocenters. The number of carbonyl (C=O) groups is 1. The molecule has 3 aromatic rings. The summed E-state index contributed by atoms with van der Waals surface area (Å²) < 4.78 is 11.3. The monoisotopic (exact) mass is 434 g/mol. The normalized spacial score (nSPS) is 16.0. The molecule has 1 aromatic carbocycles. The van der Waals surface area contributed by atoms with Crippen LogP contribution >= 0.6 is 0 Å². The molecule has 8 heteroatoms. The SMILES string of the molecule is COc1cc(C(=O)N2CCN(c3ccc(C)nc3)C[C@@H]2CO)ncc1Oc1ccccc1. The molecule has 1 aliphatic heterocycles. The maximum absolute atomic E-state index is 13.2. The van der Waals surface area contributed by atoms with Crippen molar-refractivity contribution in [2.45, 2.75) is 13.0 Å². The van der Waals surface area contributed by atoms with Gasteiger partial charge in [-0.25, -0.2) is 4.98 Å². The molecule has 1 saturated heterocycles. The standard InChI is InChI=1S/C24H26N4O4/c1-17-8-9-18(13-25-17)27-10-11-28(19(15-27)16-29)24(30)21-12-22(31-2)23(14-26-21)32-20-6-4-3-5-7-20/h3-9,12-14,19,29H,10-11,15-16H2,1-2H3/t19-/m1/s1. The fourth-order valence-corrected chi connectivity index (χ4v) is 3.70. The van der Waals surface area contributed by atoms with Gasteiger partial charge in [-0.1, -0.05) is 18.2 Å². The Hall–Kier alpha value is -3.65. The minimum absolute atomic E-state index is 0.145. The minimum atomic E-state index is -0.356. The lowest BCUT2D eigenvalue weighted by Gasteiger charge is -2.41. The quantitative estimate of drug-likeness (QED) is 0.638. The molecular weight excluding hydrogens is 408 g/mol. The second-order valence-electron chi connectivity index (χ2n) is 7.57. The minimum Gasteiger partial charge on any atom is -0.493 e. The van der Waals surface area contributed by atoms with Gasteiger partial charge in [-0.15, -0.1) is 0 Å². The largest absolute Gasteiger partial charge is 0.493 e. The van der Waals surface area contributed by atoms with E-state index in [9.17, 15) is 9.90 Å². The van der Waals surface area contributed by atoms with Gasteiger partial charge in [0.15, 0.2) is 11.5 Å². The molecule has 32 heavy (non-hydrogen) atoms. The van der Waals surface area contributed by atoms with Crippen LogP contribution in [0.2, 0.25) is 0 Å². The number of aryl methyl sites for hydroxylation is 1. The van der Waals surface area contributed by atoms with E-state index in [0.29, 0.717) is 36.9 Å². The molecule has 8 nitrogen and oxygen atoms in total.